The Kier molecular flexibility index (Phi) is 4.09. The van der Waals surface area contributed by atoms with Crippen molar-refractivity contribution in [3.8, 4) is 0 Å². The van der Waals surface area contributed by atoms with E-state index in [-0.39, 0.29) is 5.56 Å². The van der Waals surface area contributed by atoms with Gasteiger partial charge in [-0.25, -0.2) is 4.98 Å². The van der Waals surface area contributed by atoms with Crippen LogP contribution in [0.3, 0.4) is 0 Å². The number of fused-ring (bicyclic) bond motifs is 1. The highest BCUT2D eigenvalue weighted by atomic mass is 32.1. The highest BCUT2D eigenvalue weighted by molar-refractivity contribution is 7.14. The van der Waals surface area contributed by atoms with Gasteiger partial charge in [0.1, 0.15) is 5.51 Å². The predicted molar refractivity (Wildman–Crippen MR) is 79.1 cm³/mol. The van der Waals surface area contributed by atoms with Gasteiger partial charge in [0.25, 0.3) is 5.56 Å². The van der Waals surface area contributed by atoms with Gasteiger partial charge in [-0.1, -0.05) is 11.3 Å². The molecule has 1 saturated heterocycles. The third-order valence-corrected chi connectivity index (χ3v) is 4.40. The van der Waals surface area contributed by atoms with E-state index >= 15 is 0 Å². The van der Waals surface area contributed by atoms with E-state index in [1.165, 1.54) is 28.7 Å². The fourth-order valence-corrected chi connectivity index (χ4v) is 3.50. The van der Waals surface area contributed by atoms with E-state index in [0.717, 1.165) is 31.9 Å². The first-order valence-corrected chi connectivity index (χ1v) is 7.83. The number of aromatic nitrogens is 3. The van der Waals surface area contributed by atoms with Gasteiger partial charge in [0.15, 0.2) is 0 Å². The zero-order valence-corrected chi connectivity index (χ0v) is 12.4. The Labute approximate surface area is 121 Å². The number of nitrogens with zero attached hydrogens (tertiary/aromatic N) is 4. The van der Waals surface area contributed by atoms with E-state index in [9.17, 15) is 4.79 Å². The molecule has 1 N–H and O–H groups in total. The summed E-state index contributed by atoms with van der Waals surface area (Å²) in [7, 11) is 2.00. The number of nitrogens with one attached hydrogen (secondary N) is 1. The fourth-order valence-electron chi connectivity index (χ4n) is 2.86. The quantitative estimate of drug-likeness (QED) is 0.893. The molecule has 3 heterocycles. The van der Waals surface area contributed by atoms with E-state index in [4.69, 9.17) is 0 Å². The largest absolute Gasteiger partial charge is 0.319 e. The molecule has 0 aromatic carbocycles. The molecule has 1 atom stereocenters. The van der Waals surface area contributed by atoms with Gasteiger partial charge in [0.2, 0.25) is 4.96 Å². The minimum Gasteiger partial charge on any atom is -0.319 e. The van der Waals surface area contributed by atoms with Crippen LogP contribution in [0.25, 0.3) is 4.96 Å². The topological polar surface area (TPSA) is 62.5 Å². The number of piperidine rings is 1. The van der Waals surface area contributed by atoms with Crippen molar-refractivity contribution in [2.45, 2.75) is 19.4 Å². The highest BCUT2D eigenvalue weighted by Crippen LogP contribution is 2.17. The molecule has 2 aromatic heterocycles. The molecule has 1 unspecified atom stereocenters. The summed E-state index contributed by atoms with van der Waals surface area (Å²) >= 11 is 1.40. The van der Waals surface area contributed by atoms with Crippen LogP contribution < -0.4 is 10.9 Å². The summed E-state index contributed by atoms with van der Waals surface area (Å²) in [6, 6.07) is 1.61. The van der Waals surface area contributed by atoms with Gasteiger partial charge in [0.05, 0.1) is 5.69 Å². The summed E-state index contributed by atoms with van der Waals surface area (Å²) in [6.07, 6.45) is 2.50. The molecule has 6 nitrogen and oxygen atoms in total. The fraction of sp³-hybridized carbons (Fsp3) is 0.615. The lowest BCUT2D eigenvalue weighted by atomic mass is 9.98. The number of hydrogen-bond donors (Lipinski definition) is 1. The van der Waals surface area contributed by atoms with E-state index in [1.807, 2.05) is 7.05 Å². The summed E-state index contributed by atoms with van der Waals surface area (Å²) in [5.41, 5.74) is 2.41. The van der Waals surface area contributed by atoms with Crippen LogP contribution >= 0.6 is 11.3 Å². The molecular formula is C13H19N5OS. The first-order valence-electron chi connectivity index (χ1n) is 6.95. The number of likely N-dealkylation sites (tertiary alicyclic amines) is 1. The normalized spacial score (nSPS) is 20.6. The van der Waals surface area contributed by atoms with Crippen LogP contribution in [0.2, 0.25) is 0 Å². The Morgan fingerprint density at radius 3 is 3.30 bits per heavy atom. The van der Waals surface area contributed by atoms with Crippen molar-refractivity contribution < 1.29 is 0 Å². The lowest BCUT2D eigenvalue weighted by Crippen LogP contribution is -2.39. The van der Waals surface area contributed by atoms with E-state index < -0.39 is 0 Å². The molecule has 1 aliphatic rings. The third-order valence-electron chi connectivity index (χ3n) is 3.72. The third kappa shape index (κ3) is 2.89. The Morgan fingerprint density at radius 2 is 2.45 bits per heavy atom. The standard InChI is InChI=1S/C13H19N5OS/c1-14-6-10-3-2-4-17(7-10)8-11-5-12(19)18-13(16-11)20-9-15-18/h5,9-10,14H,2-4,6-8H2,1H3. The second-order valence-electron chi connectivity index (χ2n) is 5.32. The smallest absolute Gasteiger partial charge is 0.275 e. The molecule has 0 amide bonds. The molecule has 1 aliphatic heterocycles. The van der Waals surface area contributed by atoms with Crippen molar-refractivity contribution in [3.63, 3.8) is 0 Å². The van der Waals surface area contributed by atoms with E-state index in [1.54, 1.807) is 11.6 Å². The molecule has 20 heavy (non-hydrogen) atoms. The van der Waals surface area contributed by atoms with Crippen LogP contribution in [0.15, 0.2) is 16.4 Å². The monoisotopic (exact) mass is 293 g/mol. The maximum atomic E-state index is 11.9. The Morgan fingerprint density at radius 1 is 1.55 bits per heavy atom. The van der Waals surface area contributed by atoms with Crippen LogP contribution in [0.4, 0.5) is 0 Å². The van der Waals surface area contributed by atoms with Crippen LogP contribution in [0.1, 0.15) is 18.5 Å². The molecule has 0 saturated carbocycles. The Bertz CT molecular complexity index is 635. The average molecular weight is 293 g/mol. The second-order valence-corrected chi connectivity index (χ2v) is 6.13. The van der Waals surface area contributed by atoms with Crippen molar-refractivity contribution >= 4 is 16.3 Å². The molecule has 3 rings (SSSR count). The van der Waals surface area contributed by atoms with Gasteiger partial charge in [-0.05, 0) is 38.9 Å². The van der Waals surface area contributed by atoms with Crippen molar-refractivity contribution in [1.29, 1.82) is 0 Å². The van der Waals surface area contributed by atoms with Crippen molar-refractivity contribution in [3.05, 3.63) is 27.6 Å². The minimum absolute atomic E-state index is 0.0879. The molecule has 1 fully saturated rings. The summed E-state index contributed by atoms with van der Waals surface area (Å²) < 4.78 is 1.36. The van der Waals surface area contributed by atoms with E-state index in [0.29, 0.717) is 10.9 Å². The highest BCUT2D eigenvalue weighted by Gasteiger charge is 2.20. The first-order chi connectivity index (χ1) is 9.76. The summed E-state index contributed by atoms with van der Waals surface area (Å²) in [6.45, 7) is 3.97. The van der Waals surface area contributed by atoms with Crippen molar-refractivity contribution in [2.24, 2.45) is 5.92 Å². The molecule has 108 valence electrons. The zero-order chi connectivity index (χ0) is 13.9. The maximum Gasteiger partial charge on any atom is 0.275 e. The van der Waals surface area contributed by atoms with Gasteiger partial charge in [0, 0.05) is 19.2 Å². The van der Waals surface area contributed by atoms with Crippen LogP contribution in [-0.4, -0.2) is 46.2 Å². The van der Waals surface area contributed by atoms with Gasteiger partial charge in [-0.3, -0.25) is 9.69 Å². The molecular weight excluding hydrogens is 274 g/mol. The second kappa shape index (κ2) is 5.99. The van der Waals surface area contributed by atoms with Gasteiger partial charge in [-0.15, -0.1) is 0 Å². The van der Waals surface area contributed by atoms with Gasteiger partial charge >= 0.3 is 0 Å². The minimum atomic E-state index is -0.0879. The summed E-state index contributed by atoms with van der Waals surface area (Å²) in [5.74, 6) is 0.696. The maximum absolute atomic E-state index is 11.9. The molecule has 0 aliphatic carbocycles. The van der Waals surface area contributed by atoms with Gasteiger partial charge < -0.3 is 5.32 Å². The van der Waals surface area contributed by atoms with E-state index in [2.05, 4.69) is 20.3 Å². The molecule has 2 aromatic rings. The number of hydrogen-bond acceptors (Lipinski definition) is 6. The molecule has 0 bridgehead atoms. The zero-order valence-electron chi connectivity index (χ0n) is 11.6. The van der Waals surface area contributed by atoms with Crippen LogP contribution in [0.5, 0.6) is 0 Å². The van der Waals surface area contributed by atoms with Crippen LogP contribution in [-0.2, 0) is 6.54 Å². The summed E-state index contributed by atoms with van der Waals surface area (Å²) in [5, 5.41) is 7.23. The molecule has 7 heteroatoms. The van der Waals surface area contributed by atoms with Crippen molar-refractivity contribution in [2.75, 3.05) is 26.7 Å². The lowest BCUT2D eigenvalue weighted by Gasteiger charge is -2.32. The molecule has 0 radical (unpaired) electrons. The molecule has 0 spiro atoms. The van der Waals surface area contributed by atoms with Crippen molar-refractivity contribution in [1.82, 2.24) is 24.8 Å². The number of rotatable bonds is 4. The SMILES string of the molecule is CNCC1CCCN(Cc2cc(=O)n3ncsc3n2)C1. The van der Waals surface area contributed by atoms with Gasteiger partial charge in [-0.2, -0.15) is 9.61 Å². The Hall–Kier alpha value is -1.31. The summed E-state index contributed by atoms with van der Waals surface area (Å²) in [4.78, 5) is 19.5. The Balaban J connectivity index is 1.73. The predicted octanol–water partition coefficient (Wildman–Crippen LogP) is 0.582. The van der Waals surface area contributed by atoms with Crippen LogP contribution in [0, 0.1) is 5.92 Å². The first kappa shape index (κ1) is 13.7. The lowest BCUT2D eigenvalue weighted by molar-refractivity contribution is 0.165. The average Bonchev–Trinajstić information content (AvgIpc) is 2.88.